The van der Waals surface area contributed by atoms with E-state index >= 15 is 0 Å². The minimum Gasteiger partial charge on any atom is -0.339 e. The van der Waals surface area contributed by atoms with E-state index in [1.54, 1.807) is 23.1 Å². The quantitative estimate of drug-likeness (QED) is 0.458. The zero-order chi connectivity index (χ0) is 22.8. The largest absolute Gasteiger partial charge is 0.339 e. The number of carbonyl (C=O) groups excluding carboxylic acids is 2. The van der Waals surface area contributed by atoms with Crippen LogP contribution in [0.1, 0.15) is 33.6 Å². The highest BCUT2D eigenvalue weighted by atomic mass is 35.5. The van der Waals surface area contributed by atoms with E-state index in [-0.39, 0.29) is 22.5 Å². The van der Waals surface area contributed by atoms with Gasteiger partial charge in [-0.05, 0) is 55.3 Å². The van der Waals surface area contributed by atoms with Gasteiger partial charge >= 0.3 is 0 Å². The summed E-state index contributed by atoms with van der Waals surface area (Å²) in [6, 6.07) is 10.5. The standard InChI is InChI=1S/C21H22Cl2N2O5S/c1-24(30-2)31(28,29)17-6-3-15(4-7-17)21(27)25-11-9-14(10-12-25)20(26)16-5-8-18(22)19(23)13-16/h3-8,13-14H,9-12H2,1-2H3. The smallest absolute Gasteiger partial charge is 0.264 e. The lowest BCUT2D eigenvalue weighted by Crippen LogP contribution is -2.40. The summed E-state index contributed by atoms with van der Waals surface area (Å²) in [6.45, 7) is 0.867. The molecule has 3 rings (SSSR count). The molecule has 1 aliphatic heterocycles. The van der Waals surface area contributed by atoms with Crippen LogP contribution in [0.4, 0.5) is 0 Å². The lowest BCUT2D eigenvalue weighted by Gasteiger charge is -2.31. The number of piperidine rings is 1. The molecule has 1 fully saturated rings. The molecule has 31 heavy (non-hydrogen) atoms. The molecule has 1 heterocycles. The number of amides is 1. The van der Waals surface area contributed by atoms with E-state index in [0.29, 0.717) is 47.1 Å². The number of ketones is 1. The molecule has 10 heteroatoms. The molecule has 0 N–H and O–H groups in total. The maximum atomic E-state index is 12.8. The van der Waals surface area contributed by atoms with Crippen molar-refractivity contribution in [2.75, 3.05) is 27.2 Å². The van der Waals surface area contributed by atoms with Crippen molar-refractivity contribution in [2.45, 2.75) is 17.7 Å². The molecule has 0 atom stereocenters. The number of likely N-dealkylation sites (tertiary alicyclic amines) is 1. The number of hydrogen-bond donors (Lipinski definition) is 0. The predicted molar refractivity (Wildman–Crippen MR) is 118 cm³/mol. The Bertz CT molecular complexity index is 1080. The molecular formula is C21H22Cl2N2O5S. The van der Waals surface area contributed by atoms with Crippen molar-refractivity contribution in [1.29, 1.82) is 0 Å². The molecule has 1 aliphatic rings. The first-order chi connectivity index (χ1) is 14.6. The molecule has 0 saturated carbocycles. The van der Waals surface area contributed by atoms with Gasteiger partial charge in [-0.15, -0.1) is 0 Å². The average molecular weight is 485 g/mol. The van der Waals surface area contributed by atoms with E-state index in [4.69, 9.17) is 28.0 Å². The molecule has 0 radical (unpaired) electrons. The Morgan fingerprint density at radius 1 is 1.00 bits per heavy atom. The van der Waals surface area contributed by atoms with Crippen molar-refractivity contribution in [3.63, 3.8) is 0 Å². The summed E-state index contributed by atoms with van der Waals surface area (Å²) in [5, 5.41) is 0.730. The molecule has 1 amide bonds. The van der Waals surface area contributed by atoms with Crippen LogP contribution in [0.3, 0.4) is 0 Å². The Labute approximate surface area is 191 Å². The van der Waals surface area contributed by atoms with Crippen LogP contribution in [0.25, 0.3) is 0 Å². The van der Waals surface area contributed by atoms with Crippen LogP contribution in [0.2, 0.25) is 10.0 Å². The first-order valence-electron chi connectivity index (χ1n) is 9.56. The number of sulfonamides is 1. The lowest BCUT2D eigenvalue weighted by atomic mass is 9.88. The van der Waals surface area contributed by atoms with Crippen LogP contribution in [0.5, 0.6) is 0 Å². The average Bonchev–Trinajstić information content (AvgIpc) is 2.79. The van der Waals surface area contributed by atoms with Gasteiger partial charge < -0.3 is 4.90 Å². The van der Waals surface area contributed by atoms with E-state index in [2.05, 4.69) is 0 Å². The molecule has 2 aromatic rings. The third-order valence-electron chi connectivity index (χ3n) is 5.35. The van der Waals surface area contributed by atoms with E-state index in [0.717, 1.165) is 4.47 Å². The van der Waals surface area contributed by atoms with Crippen LogP contribution in [0, 0.1) is 5.92 Å². The fraction of sp³-hybridized carbons (Fsp3) is 0.333. The molecule has 2 aromatic carbocycles. The van der Waals surface area contributed by atoms with E-state index in [9.17, 15) is 18.0 Å². The highest BCUT2D eigenvalue weighted by Crippen LogP contribution is 2.27. The van der Waals surface area contributed by atoms with E-state index < -0.39 is 10.0 Å². The third kappa shape index (κ3) is 5.10. The zero-order valence-corrected chi connectivity index (χ0v) is 19.4. The van der Waals surface area contributed by atoms with Gasteiger partial charge in [0.05, 0.1) is 22.1 Å². The van der Waals surface area contributed by atoms with Crippen LogP contribution in [-0.2, 0) is 14.9 Å². The van der Waals surface area contributed by atoms with Gasteiger partial charge in [0.15, 0.2) is 5.78 Å². The number of hydrogen-bond acceptors (Lipinski definition) is 5. The minimum absolute atomic E-state index is 0.0116. The van der Waals surface area contributed by atoms with E-state index in [1.165, 1.54) is 38.4 Å². The fourth-order valence-corrected chi connectivity index (χ4v) is 4.70. The Morgan fingerprint density at radius 3 is 2.13 bits per heavy atom. The second-order valence-electron chi connectivity index (χ2n) is 7.18. The summed E-state index contributed by atoms with van der Waals surface area (Å²) in [6.07, 6.45) is 1.08. The van der Waals surface area contributed by atoms with Crippen molar-refractivity contribution in [2.24, 2.45) is 5.92 Å². The Kier molecular flexibility index (Phi) is 7.39. The molecule has 0 bridgehead atoms. The third-order valence-corrected chi connectivity index (χ3v) is 7.78. The van der Waals surface area contributed by atoms with Crippen LogP contribution in [0.15, 0.2) is 47.4 Å². The molecule has 0 aliphatic carbocycles. The van der Waals surface area contributed by atoms with Gasteiger partial charge in [-0.1, -0.05) is 27.7 Å². The first kappa shape index (κ1) is 23.7. The van der Waals surface area contributed by atoms with Gasteiger partial charge in [0, 0.05) is 37.2 Å². The van der Waals surface area contributed by atoms with Gasteiger partial charge in [0.2, 0.25) is 0 Å². The minimum atomic E-state index is -3.77. The van der Waals surface area contributed by atoms with Crippen LogP contribution in [-0.4, -0.2) is 56.7 Å². The monoisotopic (exact) mass is 484 g/mol. The molecular weight excluding hydrogens is 463 g/mol. The zero-order valence-electron chi connectivity index (χ0n) is 17.0. The number of rotatable bonds is 6. The highest BCUT2D eigenvalue weighted by molar-refractivity contribution is 7.89. The summed E-state index contributed by atoms with van der Waals surface area (Å²) in [5.74, 6) is -0.412. The number of nitrogens with zero attached hydrogens (tertiary/aromatic N) is 2. The van der Waals surface area contributed by atoms with Gasteiger partial charge in [-0.2, -0.15) is 0 Å². The van der Waals surface area contributed by atoms with Gasteiger partial charge in [-0.25, -0.2) is 8.42 Å². The number of hydroxylamine groups is 1. The van der Waals surface area contributed by atoms with Gasteiger partial charge in [-0.3, -0.25) is 14.4 Å². The van der Waals surface area contributed by atoms with Crippen molar-refractivity contribution >= 4 is 44.9 Å². The number of benzene rings is 2. The van der Waals surface area contributed by atoms with Crippen LogP contribution < -0.4 is 0 Å². The Balaban J connectivity index is 1.63. The fourth-order valence-electron chi connectivity index (χ4n) is 3.43. The van der Waals surface area contributed by atoms with Crippen molar-refractivity contribution in [3.05, 3.63) is 63.6 Å². The Morgan fingerprint density at radius 2 is 1.58 bits per heavy atom. The maximum Gasteiger partial charge on any atom is 0.264 e. The second-order valence-corrected chi connectivity index (χ2v) is 9.93. The first-order valence-corrected chi connectivity index (χ1v) is 11.8. The maximum absolute atomic E-state index is 12.8. The molecule has 7 nitrogen and oxygen atoms in total. The van der Waals surface area contributed by atoms with Gasteiger partial charge in [0.1, 0.15) is 0 Å². The van der Waals surface area contributed by atoms with Crippen molar-refractivity contribution < 1.29 is 22.8 Å². The normalized spacial score (nSPS) is 15.3. The number of carbonyl (C=O) groups is 2. The summed E-state index contributed by atoms with van der Waals surface area (Å²) in [5.41, 5.74) is 0.894. The molecule has 0 aromatic heterocycles. The summed E-state index contributed by atoms with van der Waals surface area (Å²) in [7, 11) is -1.23. The second kappa shape index (κ2) is 9.67. The number of Topliss-reactive ketones (excluding diaryl/α,β-unsaturated/α-hetero) is 1. The topological polar surface area (TPSA) is 84.0 Å². The lowest BCUT2D eigenvalue weighted by molar-refractivity contribution is -0.0258. The summed E-state index contributed by atoms with van der Waals surface area (Å²) < 4.78 is 25.3. The highest BCUT2D eigenvalue weighted by Gasteiger charge is 2.29. The van der Waals surface area contributed by atoms with Gasteiger partial charge in [0.25, 0.3) is 15.9 Å². The Hall–Kier alpha value is -1.97. The number of halogens is 2. The molecule has 0 unspecified atom stereocenters. The SMILES string of the molecule is CON(C)S(=O)(=O)c1ccc(C(=O)N2CCC(C(=O)c3ccc(Cl)c(Cl)c3)CC2)cc1. The molecule has 166 valence electrons. The van der Waals surface area contributed by atoms with Crippen molar-refractivity contribution in [1.82, 2.24) is 9.37 Å². The van der Waals surface area contributed by atoms with Crippen molar-refractivity contribution in [3.8, 4) is 0 Å². The molecule has 0 spiro atoms. The van der Waals surface area contributed by atoms with Crippen LogP contribution >= 0.6 is 23.2 Å². The molecule has 1 saturated heterocycles. The summed E-state index contributed by atoms with van der Waals surface area (Å²) in [4.78, 5) is 32.0. The van der Waals surface area contributed by atoms with E-state index in [1.807, 2.05) is 0 Å². The predicted octanol–water partition coefficient (Wildman–Crippen LogP) is 3.91. The summed E-state index contributed by atoms with van der Waals surface area (Å²) >= 11 is 11.9.